The van der Waals surface area contributed by atoms with Crippen LogP contribution in [0.3, 0.4) is 0 Å². The number of rotatable bonds is 2. The number of carbonyl (C=O) groups is 1. The van der Waals surface area contributed by atoms with Gasteiger partial charge in [-0.3, -0.25) is 14.9 Å². The quantitative estimate of drug-likeness (QED) is 0.356. The third-order valence-electron chi connectivity index (χ3n) is 1.70. The van der Waals surface area contributed by atoms with E-state index in [2.05, 4.69) is 4.98 Å². The Labute approximate surface area is 99.6 Å². The first-order valence-corrected chi connectivity index (χ1v) is 5.03. The van der Waals surface area contributed by atoms with Crippen molar-refractivity contribution in [3.63, 3.8) is 0 Å². The zero-order valence-corrected chi connectivity index (χ0v) is 10.3. The lowest BCUT2D eigenvalue weighted by Crippen LogP contribution is -2.23. The second kappa shape index (κ2) is 4.51. The van der Waals surface area contributed by atoms with Crippen molar-refractivity contribution in [1.29, 1.82) is 0 Å². The van der Waals surface area contributed by atoms with Crippen molar-refractivity contribution in [1.82, 2.24) is 9.88 Å². The minimum atomic E-state index is -0.592. The highest BCUT2D eigenvalue weighted by atomic mass is 127. The lowest BCUT2D eigenvalue weighted by atomic mass is 10.2. The van der Waals surface area contributed by atoms with Gasteiger partial charge in [-0.25, -0.2) is 4.98 Å². The summed E-state index contributed by atoms with van der Waals surface area (Å²) in [5.74, 6) is -0.401. The summed E-state index contributed by atoms with van der Waals surface area (Å²) < 4.78 is 0.213. The first kappa shape index (κ1) is 11.8. The van der Waals surface area contributed by atoms with Crippen LogP contribution in [0.15, 0.2) is 12.3 Å². The lowest BCUT2D eigenvalue weighted by Gasteiger charge is -2.10. The number of hydrogen-bond acceptors (Lipinski definition) is 4. The van der Waals surface area contributed by atoms with E-state index in [9.17, 15) is 14.9 Å². The Morgan fingerprint density at radius 2 is 2.20 bits per heavy atom. The Morgan fingerprint density at radius 1 is 1.60 bits per heavy atom. The molecule has 1 heterocycles. The van der Waals surface area contributed by atoms with E-state index in [1.54, 1.807) is 36.7 Å². The first-order valence-electron chi connectivity index (χ1n) is 3.95. The molecule has 0 atom stereocenters. The standard InChI is InChI=1S/C8H8IN3O3/c1-11(2)8(13)5-3-4-10-7(9)6(5)12(14)15/h3-4H,1-2H3. The molecular weight excluding hydrogens is 313 g/mol. The summed E-state index contributed by atoms with van der Waals surface area (Å²) in [7, 11) is 3.08. The number of nitro groups is 1. The Bertz CT molecular complexity index is 420. The van der Waals surface area contributed by atoms with Crippen molar-refractivity contribution < 1.29 is 9.72 Å². The molecule has 15 heavy (non-hydrogen) atoms. The minimum Gasteiger partial charge on any atom is -0.345 e. The second-order valence-corrected chi connectivity index (χ2v) is 3.98. The fourth-order valence-corrected chi connectivity index (χ4v) is 1.66. The third-order valence-corrected chi connectivity index (χ3v) is 2.49. The number of nitrogens with zero attached hydrogens (tertiary/aromatic N) is 3. The van der Waals surface area contributed by atoms with Crippen molar-refractivity contribution in [2.75, 3.05) is 14.1 Å². The summed E-state index contributed by atoms with van der Waals surface area (Å²) in [6.07, 6.45) is 1.38. The fraction of sp³-hybridized carbons (Fsp3) is 0.250. The van der Waals surface area contributed by atoms with Crippen molar-refractivity contribution in [3.8, 4) is 0 Å². The number of carbonyl (C=O) groups excluding carboxylic acids is 1. The minimum absolute atomic E-state index is 0.0596. The predicted octanol–water partition coefficient (Wildman–Crippen LogP) is 1.30. The van der Waals surface area contributed by atoms with Crippen molar-refractivity contribution >= 4 is 34.2 Å². The molecular formula is C8H8IN3O3. The maximum Gasteiger partial charge on any atom is 0.313 e. The summed E-state index contributed by atoms with van der Waals surface area (Å²) >= 11 is 1.73. The molecule has 0 N–H and O–H groups in total. The van der Waals surface area contributed by atoms with Crippen molar-refractivity contribution in [3.05, 3.63) is 31.6 Å². The number of halogens is 1. The van der Waals surface area contributed by atoms with Gasteiger partial charge in [0.05, 0.1) is 4.92 Å². The Kier molecular flexibility index (Phi) is 3.56. The van der Waals surface area contributed by atoms with E-state index in [-0.39, 0.29) is 15.0 Å². The summed E-state index contributed by atoms with van der Waals surface area (Å²) in [5.41, 5.74) is -0.179. The van der Waals surface area contributed by atoms with Crippen LogP contribution in [0.5, 0.6) is 0 Å². The van der Waals surface area contributed by atoms with Gasteiger partial charge in [-0.2, -0.15) is 0 Å². The molecule has 0 unspecified atom stereocenters. The molecule has 1 aromatic heterocycles. The van der Waals surface area contributed by atoms with Gasteiger partial charge in [-0.15, -0.1) is 0 Å². The number of amides is 1. The van der Waals surface area contributed by atoms with Gasteiger partial charge in [-0.1, -0.05) is 0 Å². The Hall–Kier alpha value is -1.25. The molecule has 0 aliphatic rings. The smallest absolute Gasteiger partial charge is 0.313 e. The SMILES string of the molecule is CN(C)C(=O)c1ccnc(I)c1[N+](=O)[O-]. The normalized spacial score (nSPS) is 9.80. The van der Waals surface area contributed by atoms with E-state index in [1.165, 1.54) is 17.2 Å². The largest absolute Gasteiger partial charge is 0.345 e. The number of pyridine rings is 1. The average Bonchev–Trinajstić information content (AvgIpc) is 2.15. The van der Waals surface area contributed by atoms with Crippen LogP contribution in [-0.4, -0.2) is 34.8 Å². The monoisotopic (exact) mass is 321 g/mol. The van der Waals surface area contributed by atoms with Gasteiger partial charge in [0.15, 0.2) is 3.70 Å². The zero-order valence-electron chi connectivity index (χ0n) is 8.10. The van der Waals surface area contributed by atoms with Crippen LogP contribution in [0.4, 0.5) is 5.69 Å². The maximum atomic E-state index is 11.6. The first-order chi connectivity index (χ1) is 6.95. The van der Waals surface area contributed by atoms with Crippen molar-refractivity contribution in [2.45, 2.75) is 0 Å². The van der Waals surface area contributed by atoms with Gasteiger partial charge in [0.1, 0.15) is 5.56 Å². The van der Waals surface area contributed by atoms with E-state index >= 15 is 0 Å². The van der Waals surface area contributed by atoms with E-state index in [1.807, 2.05) is 0 Å². The van der Waals surface area contributed by atoms with E-state index in [4.69, 9.17) is 0 Å². The molecule has 0 bridgehead atoms. The molecule has 6 nitrogen and oxygen atoms in total. The van der Waals surface area contributed by atoms with Crippen LogP contribution < -0.4 is 0 Å². The summed E-state index contributed by atoms with van der Waals surface area (Å²) in [4.78, 5) is 26.8. The average molecular weight is 321 g/mol. The summed E-state index contributed by atoms with van der Waals surface area (Å²) in [6.45, 7) is 0. The molecule has 1 aromatic rings. The number of aromatic nitrogens is 1. The van der Waals surface area contributed by atoms with Crippen molar-refractivity contribution in [2.24, 2.45) is 0 Å². The van der Waals surface area contributed by atoms with Gasteiger partial charge in [0.2, 0.25) is 0 Å². The zero-order chi connectivity index (χ0) is 11.6. The van der Waals surface area contributed by atoms with E-state index < -0.39 is 10.8 Å². The van der Waals surface area contributed by atoms with Gasteiger partial charge < -0.3 is 4.90 Å². The highest BCUT2D eigenvalue weighted by Gasteiger charge is 2.25. The molecule has 0 saturated carbocycles. The van der Waals surface area contributed by atoms with E-state index in [0.717, 1.165) is 0 Å². The highest BCUT2D eigenvalue weighted by molar-refractivity contribution is 14.1. The van der Waals surface area contributed by atoms with E-state index in [0.29, 0.717) is 0 Å². The second-order valence-electron chi connectivity index (χ2n) is 2.95. The number of hydrogen-bond donors (Lipinski definition) is 0. The molecule has 7 heteroatoms. The molecule has 0 saturated heterocycles. The topological polar surface area (TPSA) is 76.3 Å². The molecule has 0 aliphatic heterocycles. The molecule has 0 fully saturated rings. The fourth-order valence-electron chi connectivity index (χ4n) is 1.02. The molecule has 1 amide bonds. The molecule has 1 rings (SSSR count). The van der Waals surface area contributed by atoms with Crippen LogP contribution in [0, 0.1) is 13.8 Å². The molecule has 0 aliphatic carbocycles. The van der Waals surface area contributed by atoms with Crippen LogP contribution in [0.1, 0.15) is 10.4 Å². The van der Waals surface area contributed by atoms with Crippen LogP contribution in [-0.2, 0) is 0 Å². The van der Waals surface area contributed by atoms with Gasteiger partial charge in [-0.05, 0) is 28.7 Å². The Morgan fingerprint density at radius 3 is 2.67 bits per heavy atom. The van der Waals surface area contributed by atoms with Crippen LogP contribution >= 0.6 is 22.6 Å². The van der Waals surface area contributed by atoms with Gasteiger partial charge in [0, 0.05) is 20.3 Å². The van der Waals surface area contributed by atoms with Crippen LogP contribution in [0.2, 0.25) is 0 Å². The molecule has 0 radical (unpaired) electrons. The molecule has 0 aromatic carbocycles. The molecule has 80 valence electrons. The maximum absolute atomic E-state index is 11.6. The van der Waals surface area contributed by atoms with Gasteiger partial charge >= 0.3 is 5.69 Å². The van der Waals surface area contributed by atoms with Gasteiger partial charge in [0.25, 0.3) is 5.91 Å². The predicted molar refractivity (Wildman–Crippen MR) is 61.6 cm³/mol. The summed E-state index contributed by atoms with van der Waals surface area (Å²) in [5, 5.41) is 10.8. The highest BCUT2D eigenvalue weighted by Crippen LogP contribution is 2.23. The lowest BCUT2D eigenvalue weighted by molar-refractivity contribution is -0.386. The Balaban J connectivity index is 3.35. The van der Waals surface area contributed by atoms with Crippen LogP contribution in [0.25, 0.3) is 0 Å². The molecule has 0 spiro atoms. The third kappa shape index (κ3) is 2.41. The summed E-state index contributed by atoms with van der Waals surface area (Å²) in [6, 6.07) is 1.35.